The van der Waals surface area contributed by atoms with E-state index in [0.717, 1.165) is 16.8 Å². The fourth-order valence-corrected chi connectivity index (χ4v) is 2.90. The molecule has 0 radical (unpaired) electrons. The molecule has 122 valence electrons. The highest BCUT2D eigenvalue weighted by Gasteiger charge is 2.14. The first kappa shape index (κ1) is 15.4. The zero-order chi connectivity index (χ0) is 17.2. The normalized spacial score (nSPS) is 10.9. The second kappa shape index (κ2) is 6.41. The first-order valence-corrected chi connectivity index (χ1v) is 8.24. The van der Waals surface area contributed by atoms with E-state index in [2.05, 4.69) is 15.3 Å². The molecule has 1 N–H and O–H groups in total. The van der Waals surface area contributed by atoms with Gasteiger partial charge in [0.25, 0.3) is 0 Å². The van der Waals surface area contributed by atoms with Crippen LogP contribution in [0.2, 0.25) is 0 Å². The molecule has 0 aliphatic carbocycles. The Morgan fingerprint density at radius 2 is 1.72 bits per heavy atom. The van der Waals surface area contributed by atoms with E-state index in [9.17, 15) is 4.79 Å². The predicted octanol–water partition coefficient (Wildman–Crippen LogP) is 3.88. The number of carbonyl (C=O) groups excluding carboxylic acids is 1. The van der Waals surface area contributed by atoms with Gasteiger partial charge in [0.1, 0.15) is 0 Å². The van der Waals surface area contributed by atoms with Crippen molar-refractivity contribution in [2.24, 2.45) is 0 Å². The molecule has 0 amide bonds. The molecule has 4 rings (SSSR count). The highest BCUT2D eigenvalue weighted by atomic mass is 32.1. The molecule has 0 aliphatic heterocycles. The number of ketones is 1. The molecule has 5 nitrogen and oxygen atoms in total. The standard InChI is InChI=1S/C19H14N4OS/c24-18(14-9-5-2-6-10-14)12-16-17-11-15(13-7-3-1-4-8-13)22-23(17)19(25)21-20-16/h1-11H,12H2,(H,21,25). The summed E-state index contributed by atoms with van der Waals surface area (Å²) in [7, 11) is 0. The third-order valence-electron chi connectivity index (χ3n) is 3.98. The van der Waals surface area contributed by atoms with E-state index in [1.807, 2.05) is 54.6 Å². The molecule has 2 aromatic carbocycles. The lowest BCUT2D eigenvalue weighted by molar-refractivity contribution is 0.0992. The van der Waals surface area contributed by atoms with Crippen LogP contribution in [0.3, 0.4) is 0 Å². The molecule has 0 unspecified atom stereocenters. The number of nitrogens with one attached hydrogen (secondary N) is 1. The van der Waals surface area contributed by atoms with Gasteiger partial charge in [0.15, 0.2) is 5.78 Å². The van der Waals surface area contributed by atoms with E-state index in [1.54, 1.807) is 16.6 Å². The number of rotatable bonds is 4. The van der Waals surface area contributed by atoms with Crippen molar-refractivity contribution in [3.63, 3.8) is 0 Å². The molecule has 0 aliphatic rings. The van der Waals surface area contributed by atoms with Crippen LogP contribution in [0.15, 0.2) is 66.7 Å². The number of aromatic amines is 1. The molecule has 0 saturated heterocycles. The van der Waals surface area contributed by atoms with Gasteiger partial charge in [-0.15, -0.1) is 0 Å². The lowest BCUT2D eigenvalue weighted by Gasteiger charge is -2.02. The quantitative estimate of drug-likeness (QED) is 0.450. The summed E-state index contributed by atoms with van der Waals surface area (Å²) < 4.78 is 2.02. The van der Waals surface area contributed by atoms with Gasteiger partial charge in [0.2, 0.25) is 4.77 Å². The Balaban J connectivity index is 1.77. The van der Waals surface area contributed by atoms with Gasteiger partial charge in [-0.1, -0.05) is 60.7 Å². The number of benzene rings is 2. The number of fused-ring (bicyclic) bond motifs is 1. The topological polar surface area (TPSA) is 63.0 Å². The minimum absolute atomic E-state index is 0.00276. The van der Waals surface area contributed by atoms with E-state index in [-0.39, 0.29) is 12.2 Å². The van der Waals surface area contributed by atoms with Gasteiger partial charge >= 0.3 is 0 Å². The van der Waals surface area contributed by atoms with Gasteiger partial charge in [-0.25, -0.2) is 4.52 Å². The summed E-state index contributed by atoms with van der Waals surface area (Å²) in [6, 6.07) is 20.9. The maximum absolute atomic E-state index is 12.5. The number of carbonyl (C=O) groups is 1. The van der Waals surface area contributed by atoms with Crippen LogP contribution in [0.5, 0.6) is 0 Å². The highest BCUT2D eigenvalue weighted by Crippen LogP contribution is 2.21. The Labute approximate surface area is 149 Å². The van der Waals surface area contributed by atoms with Crippen LogP contribution < -0.4 is 0 Å². The molecule has 6 heteroatoms. The largest absolute Gasteiger partial charge is 0.294 e. The van der Waals surface area contributed by atoms with Crippen molar-refractivity contribution >= 4 is 23.5 Å². The summed E-state index contributed by atoms with van der Waals surface area (Å²) in [6.07, 6.45) is 0.180. The zero-order valence-corrected chi connectivity index (χ0v) is 14.0. The van der Waals surface area contributed by atoms with Crippen molar-refractivity contribution < 1.29 is 4.79 Å². The summed E-state index contributed by atoms with van der Waals surface area (Å²) in [5, 5.41) is 11.6. The predicted molar refractivity (Wildman–Crippen MR) is 98.1 cm³/mol. The molecule has 0 spiro atoms. The van der Waals surface area contributed by atoms with E-state index in [1.165, 1.54) is 0 Å². The van der Waals surface area contributed by atoms with Gasteiger partial charge in [-0.05, 0) is 18.3 Å². The second-order valence-corrected chi connectivity index (χ2v) is 6.02. The van der Waals surface area contributed by atoms with Crippen molar-refractivity contribution in [3.8, 4) is 11.3 Å². The number of aromatic nitrogens is 4. The molecule has 2 aromatic heterocycles. The van der Waals surface area contributed by atoms with Gasteiger partial charge in [0, 0.05) is 11.1 Å². The monoisotopic (exact) mass is 346 g/mol. The minimum Gasteiger partial charge on any atom is -0.294 e. The lowest BCUT2D eigenvalue weighted by Crippen LogP contribution is -2.08. The van der Waals surface area contributed by atoms with Crippen LogP contribution in [0, 0.1) is 4.77 Å². The number of Topliss-reactive ketones (excluding diaryl/α,β-unsaturated/α-hetero) is 1. The fourth-order valence-electron chi connectivity index (χ4n) is 2.72. The first-order chi connectivity index (χ1) is 12.2. The summed E-state index contributed by atoms with van der Waals surface area (Å²) in [6.45, 7) is 0. The van der Waals surface area contributed by atoms with Crippen molar-refractivity contribution in [1.82, 2.24) is 19.8 Å². The highest BCUT2D eigenvalue weighted by molar-refractivity contribution is 7.71. The van der Waals surface area contributed by atoms with Gasteiger partial charge in [-0.3, -0.25) is 9.89 Å². The van der Waals surface area contributed by atoms with E-state index in [4.69, 9.17) is 12.2 Å². The van der Waals surface area contributed by atoms with E-state index < -0.39 is 0 Å². The maximum Gasteiger partial charge on any atom is 0.215 e. The molecule has 2 heterocycles. The maximum atomic E-state index is 12.5. The molecular weight excluding hydrogens is 332 g/mol. The summed E-state index contributed by atoms with van der Waals surface area (Å²) in [5.41, 5.74) is 3.80. The average Bonchev–Trinajstić information content (AvgIpc) is 3.12. The lowest BCUT2D eigenvalue weighted by atomic mass is 10.1. The van der Waals surface area contributed by atoms with Crippen LogP contribution in [0.4, 0.5) is 0 Å². The summed E-state index contributed by atoms with van der Waals surface area (Å²) in [4.78, 5) is 12.5. The molecule has 4 aromatic rings. The zero-order valence-electron chi connectivity index (χ0n) is 13.2. The Bertz CT molecular complexity index is 1100. The van der Waals surface area contributed by atoms with Crippen LogP contribution in [0.1, 0.15) is 16.1 Å². The minimum atomic E-state index is 0.00276. The third-order valence-corrected chi connectivity index (χ3v) is 4.24. The Hall–Kier alpha value is -3.12. The molecule has 0 bridgehead atoms. The van der Waals surface area contributed by atoms with Crippen LogP contribution in [0.25, 0.3) is 16.8 Å². The van der Waals surface area contributed by atoms with Crippen molar-refractivity contribution in [2.45, 2.75) is 6.42 Å². The van der Waals surface area contributed by atoms with Crippen LogP contribution in [-0.2, 0) is 6.42 Å². The number of hydrogen-bond donors (Lipinski definition) is 1. The molecule has 0 saturated carbocycles. The SMILES string of the molecule is O=C(Cc1n[nH]c(=S)n2nc(-c3ccccc3)cc12)c1ccccc1. The van der Waals surface area contributed by atoms with E-state index in [0.29, 0.717) is 16.0 Å². The number of hydrogen-bond acceptors (Lipinski definition) is 4. The summed E-state index contributed by atoms with van der Waals surface area (Å²) in [5.74, 6) is 0.00276. The Morgan fingerprint density at radius 3 is 2.44 bits per heavy atom. The van der Waals surface area contributed by atoms with Gasteiger partial charge < -0.3 is 0 Å². The smallest absolute Gasteiger partial charge is 0.215 e. The molecular formula is C19H14N4OS. The van der Waals surface area contributed by atoms with Crippen molar-refractivity contribution in [3.05, 3.63) is 82.8 Å². The molecule has 0 fully saturated rings. The van der Waals surface area contributed by atoms with Crippen LogP contribution in [-0.4, -0.2) is 25.6 Å². The average molecular weight is 346 g/mol. The molecule has 0 atom stereocenters. The van der Waals surface area contributed by atoms with Crippen LogP contribution >= 0.6 is 12.2 Å². The van der Waals surface area contributed by atoms with Gasteiger partial charge in [0.05, 0.1) is 23.3 Å². The Kier molecular flexibility index (Phi) is 3.95. The third kappa shape index (κ3) is 2.99. The van der Waals surface area contributed by atoms with Gasteiger partial charge in [-0.2, -0.15) is 10.2 Å². The second-order valence-electron chi connectivity index (χ2n) is 5.63. The summed E-state index contributed by atoms with van der Waals surface area (Å²) >= 11 is 5.28. The Morgan fingerprint density at radius 1 is 1.04 bits per heavy atom. The first-order valence-electron chi connectivity index (χ1n) is 7.83. The number of nitrogens with zero attached hydrogens (tertiary/aromatic N) is 3. The number of H-pyrrole nitrogens is 1. The fraction of sp³-hybridized carbons (Fsp3) is 0.0526. The van der Waals surface area contributed by atoms with Crippen molar-refractivity contribution in [1.29, 1.82) is 0 Å². The van der Waals surface area contributed by atoms with Crippen molar-refractivity contribution in [2.75, 3.05) is 0 Å². The van der Waals surface area contributed by atoms with E-state index >= 15 is 0 Å². The molecule has 25 heavy (non-hydrogen) atoms.